The Hall–Kier alpha value is -4.02. The van der Waals surface area contributed by atoms with Gasteiger partial charge in [0.05, 0.1) is 6.21 Å². The number of aromatic amines is 1. The van der Waals surface area contributed by atoms with E-state index >= 15 is 0 Å². The Morgan fingerprint density at radius 2 is 1.60 bits per heavy atom. The van der Waals surface area contributed by atoms with Gasteiger partial charge in [-0.1, -0.05) is 32.0 Å². The molecule has 0 bridgehead atoms. The molecule has 0 aliphatic rings. The van der Waals surface area contributed by atoms with E-state index in [1.807, 2.05) is 38.1 Å². The van der Waals surface area contributed by atoms with Crippen LogP contribution < -0.4 is 16.0 Å². The van der Waals surface area contributed by atoms with Crippen molar-refractivity contribution in [2.75, 3.05) is 0 Å². The Kier molecular flexibility index (Phi) is 11.6. The number of H-pyrrole nitrogens is 1. The number of carbonyl (C=O) groups is 5. The molecule has 5 N–H and O–H groups in total. The first kappa shape index (κ1) is 32.2. The van der Waals surface area contributed by atoms with Crippen LogP contribution in [0.15, 0.2) is 30.5 Å². The van der Waals surface area contributed by atoms with Crippen LogP contribution in [0.5, 0.6) is 0 Å². The van der Waals surface area contributed by atoms with Crippen molar-refractivity contribution >= 4 is 46.6 Å². The highest BCUT2D eigenvalue weighted by molar-refractivity contribution is 6.26. The van der Waals surface area contributed by atoms with Crippen molar-refractivity contribution in [3.05, 3.63) is 36.0 Å². The third kappa shape index (κ3) is 10.3. The van der Waals surface area contributed by atoms with Gasteiger partial charge in [0.25, 0.3) is 0 Å². The molecule has 0 unspecified atom stereocenters. The average molecular weight is 556 g/mol. The third-order valence-corrected chi connectivity index (χ3v) is 5.98. The number of rotatable bonds is 14. The van der Waals surface area contributed by atoms with Crippen LogP contribution in [0, 0.1) is 11.3 Å². The van der Waals surface area contributed by atoms with Crippen molar-refractivity contribution in [2.45, 2.75) is 91.0 Å². The SMILES string of the molecule is CC(=O)N[C@@H](Cc1c[nH]c2ccccc12)C(=O)N[C@@H](CCC(=O)C=N)C(=O)N[C@@H](CC(C)C)C(=O)OC(C)(C)C. The van der Waals surface area contributed by atoms with Crippen molar-refractivity contribution in [3.8, 4) is 0 Å². The minimum atomic E-state index is -1.20. The molecule has 2 aromatic rings. The summed E-state index contributed by atoms with van der Waals surface area (Å²) in [6.45, 7) is 10.3. The summed E-state index contributed by atoms with van der Waals surface area (Å²) < 4.78 is 5.48. The lowest BCUT2D eigenvalue weighted by Gasteiger charge is -2.28. The largest absolute Gasteiger partial charge is 0.458 e. The number of fused-ring (bicyclic) bond motifs is 1. The number of para-hydroxylation sites is 1. The van der Waals surface area contributed by atoms with Gasteiger partial charge in [-0.3, -0.25) is 19.2 Å². The van der Waals surface area contributed by atoms with Gasteiger partial charge in [-0.15, -0.1) is 0 Å². The van der Waals surface area contributed by atoms with Crippen LogP contribution in [-0.4, -0.2) is 64.4 Å². The molecule has 3 atom stereocenters. The number of aromatic nitrogens is 1. The molecule has 3 amide bonds. The van der Waals surface area contributed by atoms with Gasteiger partial charge in [-0.05, 0) is 51.2 Å². The van der Waals surface area contributed by atoms with Crippen molar-refractivity contribution in [3.63, 3.8) is 0 Å². The second kappa shape index (κ2) is 14.4. The topological polar surface area (TPSA) is 170 Å². The summed E-state index contributed by atoms with van der Waals surface area (Å²) in [4.78, 5) is 66.6. The maximum absolute atomic E-state index is 13.4. The lowest BCUT2D eigenvalue weighted by Crippen LogP contribution is -2.56. The molecular formula is C29H41N5O6. The van der Waals surface area contributed by atoms with Crippen LogP contribution in [-0.2, 0) is 35.1 Å². The Morgan fingerprint density at radius 3 is 2.20 bits per heavy atom. The lowest BCUT2D eigenvalue weighted by atomic mass is 10.0. The molecule has 2 rings (SSSR count). The van der Waals surface area contributed by atoms with Gasteiger partial charge in [-0.25, -0.2) is 4.79 Å². The molecular weight excluding hydrogens is 514 g/mol. The third-order valence-electron chi connectivity index (χ3n) is 5.98. The van der Waals surface area contributed by atoms with E-state index < -0.39 is 53.2 Å². The van der Waals surface area contributed by atoms with E-state index in [9.17, 15) is 24.0 Å². The summed E-state index contributed by atoms with van der Waals surface area (Å²) >= 11 is 0. The van der Waals surface area contributed by atoms with Crippen LogP contribution in [0.25, 0.3) is 10.9 Å². The number of ketones is 1. The van der Waals surface area contributed by atoms with Crippen LogP contribution in [0.3, 0.4) is 0 Å². The summed E-state index contributed by atoms with van der Waals surface area (Å²) in [5.41, 5.74) is 0.904. The smallest absolute Gasteiger partial charge is 0.329 e. The first-order chi connectivity index (χ1) is 18.7. The minimum absolute atomic E-state index is 0.0469. The monoisotopic (exact) mass is 555 g/mol. The van der Waals surface area contributed by atoms with E-state index in [0.29, 0.717) is 12.6 Å². The number of hydrogen-bond donors (Lipinski definition) is 5. The molecule has 0 saturated heterocycles. The van der Waals surface area contributed by atoms with E-state index in [-0.39, 0.29) is 25.2 Å². The maximum atomic E-state index is 13.4. The number of nitrogens with one attached hydrogen (secondary N) is 5. The van der Waals surface area contributed by atoms with E-state index in [4.69, 9.17) is 10.1 Å². The number of ether oxygens (including phenoxy) is 1. The van der Waals surface area contributed by atoms with E-state index in [1.165, 1.54) is 6.92 Å². The van der Waals surface area contributed by atoms with E-state index in [0.717, 1.165) is 16.5 Å². The van der Waals surface area contributed by atoms with E-state index in [1.54, 1.807) is 27.0 Å². The Balaban J connectivity index is 2.28. The Bertz CT molecular complexity index is 1230. The fraction of sp³-hybridized carbons (Fsp3) is 0.517. The second-order valence-corrected chi connectivity index (χ2v) is 11.3. The highest BCUT2D eigenvalue weighted by Gasteiger charge is 2.32. The number of amides is 3. The van der Waals surface area contributed by atoms with Crippen molar-refractivity contribution in [1.82, 2.24) is 20.9 Å². The van der Waals surface area contributed by atoms with Gasteiger partial charge in [-0.2, -0.15) is 0 Å². The van der Waals surface area contributed by atoms with E-state index in [2.05, 4.69) is 20.9 Å². The number of benzene rings is 1. The summed E-state index contributed by atoms with van der Waals surface area (Å²) in [7, 11) is 0. The predicted molar refractivity (Wildman–Crippen MR) is 152 cm³/mol. The number of esters is 1. The van der Waals surface area contributed by atoms with Crippen LogP contribution >= 0.6 is 0 Å². The molecule has 218 valence electrons. The van der Waals surface area contributed by atoms with Gasteiger partial charge in [0.1, 0.15) is 23.7 Å². The van der Waals surface area contributed by atoms with Crippen molar-refractivity contribution in [1.29, 1.82) is 5.41 Å². The zero-order valence-electron chi connectivity index (χ0n) is 24.1. The van der Waals surface area contributed by atoms with Crippen LogP contribution in [0.1, 0.15) is 66.4 Å². The molecule has 0 radical (unpaired) electrons. The second-order valence-electron chi connectivity index (χ2n) is 11.3. The zero-order valence-corrected chi connectivity index (χ0v) is 24.1. The highest BCUT2D eigenvalue weighted by Crippen LogP contribution is 2.19. The molecule has 40 heavy (non-hydrogen) atoms. The summed E-state index contributed by atoms with van der Waals surface area (Å²) in [6.07, 6.45) is 2.59. The molecule has 1 heterocycles. The molecule has 1 aromatic carbocycles. The lowest BCUT2D eigenvalue weighted by molar-refractivity contribution is -0.159. The van der Waals surface area contributed by atoms with Crippen LogP contribution in [0.4, 0.5) is 0 Å². The number of hydrogen-bond acceptors (Lipinski definition) is 7. The molecule has 0 aliphatic carbocycles. The Labute approximate surface area is 234 Å². The normalized spacial score (nSPS) is 13.7. The molecule has 0 aliphatic heterocycles. The molecule has 11 heteroatoms. The first-order valence-electron chi connectivity index (χ1n) is 13.4. The average Bonchev–Trinajstić information content (AvgIpc) is 3.26. The molecule has 0 spiro atoms. The molecule has 0 saturated carbocycles. The summed E-state index contributed by atoms with van der Waals surface area (Å²) in [6, 6.07) is 4.35. The maximum Gasteiger partial charge on any atom is 0.329 e. The summed E-state index contributed by atoms with van der Waals surface area (Å²) in [5.74, 6) is -2.80. The van der Waals surface area contributed by atoms with Gasteiger partial charge in [0, 0.05) is 36.9 Å². The Morgan fingerprint density at radius 1 is 0.975 bits per heavy atom. The highest BCUT2D eigenvalue weighted by atomic mass is 16.6. The quantitative estimate of drug-likeness (QED) is 0.177. The van der Waals surface area contributed by atoms with Gasteiger partial charge in [0.15, 0.2) is 5.78 Å². The van der Waals surface area contributed by atoms with Gasteiger partial charge >= 0.3 is 5.97 Å². The number of Topliss-reactive ketones (excluding diaryl/α,β-unsaturated/α-hetero) is 1. The number of carbonyl (C=O) groups excluding carboxylic acids is 5. The molecule has 0 fully saturated rings. The van der Waals surface area contributed by atoms with Gasteiger partial charge in [0.2, 0.25) is 17.7 Å². The van der Waals surface area contributed by atoms with Crippen LogP contribution in [0.2, 0.25) is 0 Å². The fourth-order valence-electron chi connectivity index (χ4n) is 4.21. The minimum Gasteiger partial charge on any atom is -0.458 e. The zero-order chi connectivity index (χ0) is 30.0. The summed E-state index contributed by atoms with van der Waals surface area (Å²) in [5, 5.41) is 16.0. The molecule has 11 nitrogen and oxygen atoms in total. The van der Waals surface area contributed by atoms with Crippen molar-refractivity contribution in [2.24, 2.45) is 5.92 Å². The fourth-order valence-corrected chi connectivity index (χ4v) is 4.21. The standard InChI is InChI=1S/C29H41N5O6/c1-17(2)13-25(28(39)40-29(4,5)6)34-26(37)23(12-11-20(36)15-30)33-27(38)24(32-18(3)35)14-19-16-31-22-10-8-7-9-21(19)22/h7-10,15-17,23-25,30-31H,11-14H2,1-6H3,(H,32,35)(H,33,38)(H,34,37)/t23-,24-,25-/m0/s1. The molecule has 1 aromatic heterocycles. The first-order valence-corrected chi connectivity index (χ1v) is 13.4. The van der Waals surface area contributed by atoms with Crippen molar-refractivity contribution < 1.29 is 28.7 Å². The van der Waals surface area contributed by atoms with Gasteiger partial charge < -0.3 is 31.1 Å². The predicted octanol–water partition coefficient (Wildman–Crippen LogP) is 2.57.